The van der Waals surface area contributed by atoms with Gasteiger partial charge in [-0.25, -0.2) is 4.79 Å². The second-order valence-electron chi connectivity index (χ2n) is 4.80. The molecule has 1 amide bonds. The minimum atomic E-state index is -0.456. The summed E-state index contributed by atoms with van der Waals surface area (Å²) < 4.78 is 4.64. The number of hydrogen-bond acceptors (Lipinski definition) is 3. The maximum atomic E-state index is 12.0. The van der Waals surface area contributed by atoms with E-state index in [-0.39, 0.29) is 11.8 Å². The van der Waals surface area contributed by atoms with Gasteiger partial charge in [0.1, 0.15) is 0 Å². The summed E-state index contributed by atoms with van der Waals surface area (Å²) in [7, 11) is 1.31. The van der Waals surface area contributed by atoms with Gasteiger partial charge in [0, 0.05) is 5.92 Å². The van der Waals surface area contributed by atoms with Crippen LogP contribution in [0.3, 0.4) is 0 Å². The molecule has 5 heteroatoms. The van der Waals surface area contributed by atoms with Gasteiger partial charge in [0.15, 0.2) is 0 Å². The minimum Gasteiger partial charge on any atom is -0.465 e. The van der Waals surface area contributed by atoms with E-state index in [0.29, 0.717) is 22.2 Å². The normalized spacial score (nSPS) is 15.7. The zero-order valence-corrected chi connectivity index (χ0v) is 11.7. The molecule has 0 spiro atoms. The van der Waals surface area contributed by atoms with Gasteiger partial charge in [-0.2, -0.15) is 0 Å². The standard InChI is InChI=1S/C14H16ClNO3/c1-8(9-3-4-9)13(17)16-12-7-10(14(18)19-2)5-6-11(12)15/h5-9H,3-4H2,1-2H3,(H,16,17). The average Bonchev–Trinajstić information content (AvgIpc) is 3.23. The molecule has 0 radical (unpaired) electrons. The maximum Gasteiger partial charge on any atom is 0.337 e. The summed E-state index contributed by atoms with van der Waals surface area (Å²) in [6.45, 7) is 1.91. The van der Waals surface area contributed by atoms with Gasteiger partial charge in [0.25, 0.3) is 0 Å². The molecule has 0 heterocycles. The summed E-state index contributed by atoms with van der Waals surface area (Å²) in [6.07, 6.45) is 2.20. The molecular weight excluding hydrogens is 266 g/mol. The van der Waals surface area contributed by atoms with Crippen molar-refractivity contribution in [2.75, 3.05) is 12.4 Å². The number of methoxy groups -OCH3 is 1. The smallest absolute Gasteiger partial charge is 0.337 e. The first kappa shape index (κ1) is 13.9. The highest BCUT2D eigenvalue weighted by atomic mass is 35.5. The van der Waals surface area contributed by atoms with E-state index < -0.39 is 5.97 Å². The van der Waals surface area contributed by atoms with Gasteiger partial charge in [-0.1, -0.05) is 18.5 Å². The molecule has 0 bridgehead atoms. The van der Waals surface area contributed by atoms with Crippen molar-refractivity contribution < 1.29 is 14.3 Å². The number of carbonyl (C=O) groups excluding carboxylic acids is 2. The lowest BCUT2D eigenvalue weighted by atomic mass is 10.1. The number of rotatable bonds is 4. The number of anilines is 1. The molecule has 0 aromatic heterocycles. The number of carbonyl (C=O) groups is 2. The van der Waals surface area contributed by atoms with Gasteiger partial charge < -0.3 is 10.1 Å². The lowest BCUT2D eigenvalue weighted by Gasteiger charge is -2.13. The summed E-state index contributed by atoms with van der Waals surface area (Å²) in [6, 6.07) is 4.67. The van der Waals surface area contributed by atoms with Crippen molar-refractivity contribution >= 4 is 29.2 Å². The fourth-order valence-corrected chi connectivity index (χ4v) is 2.09. The van der Waals surface area contributed by atoms with Crippen LogP contribution < -0.4 is 5.32 Å². The van der Waals surface area contributed by atoms with Gasteiger partial charge in [-0.3, -0.25) is 4.79 Å². The van der Waals surface area contributed by atoms with Crippen molar-refractivity contribution in [3.05, 3.63) is 28.8 Å². The zero-order chi connectivity index (χ0) is 14.0. The number of esters is 1. The van der Waals surface area contributed by atoms with Crippen molar-refractivity contribution in [3.8, 4) is 0 Å². The van der Waals surface area contributed by atoms with E-state index in [2.05, 4.69) is 10.1 Å². The van der Waals surface area contributed by atoms with Gasteiger partial charge in [0.05, 0.1) is 23.4 Å². The quantitative estimate of drug-likeness (QED) is 0.863. The van der Waals surface area contributed by atoms with Gasteiger partial charge in [-0.15, -0.1) is 0 Å². The molecule has 1 aromatic rings. The van der Waals surface area contributed by atoms with Crippen LogP contribution in [0, 0.1) is 11.8 Å². The fourth-order valence-electron chi connectivity index (χ4n) is 1.92. The summed E-state index contributed by atoms with van der Waals surface area (Å²) in [5, 5.41) is 3.18. The Labute approximate surface area is 117 Å². The van der Waals surface area contributed by atoms with Gasteiger partial charge in [-0.05, 0) is 37.0 Å². The monoisotopic (exact) mass is 281 g/mol. The van der Waals surface area contributed by atoms with Crippen LogP contribution in [-0.4, -0.2) is 19.0 Å². The number of ether oxygens (including phenoxy) is 1. The molecule has 4 nitrogen and oxygen atoms in total. The first-order valence-corrected chi connectivity index (χ1v) is 6.59. The number of amides is 1. The maximum absolute atomic E-state index is 12.0. The molecule has 1 aliphatic rings. The number of nitrogens with one attached hydrogen (secondary N) is 1. The third kappa shape index (κ3) is 3.26. The van der Waals surface area contributed by atoms with Crippen molar-refractivity contribution in [3.63, 3.8) is 0 Å². The Bertz CT molecular complexity index is 511. The highest BCUT2D eigenvalue weighted by molar-refractivity contribution is 6.33. The molecule has 1 fully saturated rings. The van der Waals surface area contributed by atoms with E-state index in [1.165, 1.54) is 13.2 Å². The summed E-state index contributed by atoms with van der Waals surface area (Å²) in [5.41, 5.74) is 0.809. The predicted molar refractivity (Wildman–Crippen MR) is 73.3 cm³/mol. The second kappa shape index (κ2) is 5.61. The van der Waals surface area contributed by atoms with Gasteiger partial charge >= 0.3 is 5.97 Å². The van der Waals surface area contributed by atoms with Crippen LogP contribution >= 0.6 is 11.6 Å². The molecule has 1 saturated carbocycles. The molecule has 1 aliphatic carbocycles. The molecule has 1 atom stereocenters. The summed E-state index contributed by atoms with van der Waals surface area (Å²) in [5.74, 6) is -0.0748. The Balaban J connectivity index is 2.14. The van der Waals surface area contributed by atoms with E-state index in [9.17, 15) is 9.59 Å². The number of hydrogen-bond donors (Lipinski definition) is 1. The van der Waals surface area contributed by atoms with Crippen LogP contribution in [0.15, 0.2) is 18.2 Å². The Hall–Kier alpha value is -1.55. The van der Waals surface area contributed by atoms with Crippen molar-refractivity contribution in [1.82, 2.24) is 0 Å². The van der Waals surface area contributed by atoms with E-state index in [1.54, 1.807) is 12.1 Å². The topological polar surface area (TPSA) is 55.4 Å². The van der Waals surface area contributed by atoms with E-state index in [0.717, 1.165) is 12.8 Å². The first-order chi connectivity index (χ1) is 9.02. The molecule has 102 valence electrons. The van der Waals surface area contributed by atoms with Crippen LogP contribution in [0.4, 0.5) is 5.69 Å². The highest BCUT2D eigenvalue weighted by Gasteiger charge is 2.32. The predicted octanol–water partition coefficient (Wildman–Crippen LogP) is 3.11. The Morgan fingerprint density at radius 3 is 2.68 bits per heavy atom. The lowest BCUT2D eigenvalue weighted by Crippen LogP contribution is -2.22. The van der Waals surface area contributed by atoms with Crippen LogP contribution in [-0.2, 0) is 9.53 Å². The fraction of sp³-hybridized carbons (Fsp3) is 0.429. The van der Waals surface area contributed by atoms with E-state index in [1.807, 2.05) is 6.92 Å². The van der Waals surface area contributed by atoms with Crippen molar-refractivity contribution in [2.24, 2.45) is 11.8 Å². The Morgan fingerprint density at radius 1 is 1.42 bits per heavy atom. The molecule has 19 heavy (non-hydrogen) atoms. The third-order valence-corrected chi connectivity index (χ3v) is 3.72. The van der Waals surface area contributed by atoms with Crippen LogP contribution in [0.5, 0.6) is 0 Å². The van der Waals surface area contributed by atoms with Crippen LogP contribution in [0.25, 0.3) is 0 Å². The largest absolute Gasteiger partial charge is 0.465 e. The summed E-state index contributed by atoms with van der Waals surface area (Å²) >= 11 is 6.02. The summed E-state index contributed by atoms with van der Waals surface area (Å²) in [4.78, 5) is 23.4. The van der Waals surface area contributed by atoms with Gasteiger partial charge in [0.2, 0.25) is 5.91 Å². The molecule has 0 saturated heterocycles. The highest BCUT2D eigenvalue weighted by Crippen LogP contribution is 2.37. The Kier molecular flexibility index (Phi) is 4.10. The minimum absolute atomic E-state index is 0.0298. The van der Waals surface area contributed by atoms with Crippen LogP contribution in [0.1, 0.15) is 30.1 Å². The molecule has 0 aliphatic heterocycles. The average molecular weight is 282 g/mol. The molecular formula is C14H16ClNO3. The van der Waals surface area contributed by atoms with Crippen LogP contribution in [0.2, 0.25) is 5.02 Å². The molecule has 1 aromatic carbocycles. The first-order valence-electron chi connectivity index (χ1n) is 6.21. The van der Waals surface area contributed by atoms with E-state index >= 15 is 0 Å². The molecule has 2 rings (SSSR count). The van der Waals surface area contributed by atoms with Crippen molar-refractivity contribution in [1.29, 1.82) is 0 Å². The molecule has 1 unspecified atom stereocenters. The SMILES string of the molecule is COC(=O)c1ccc(Cl)c(NC(=O)C(C)C2CC2)c1. The van der Waals surface area contributed by atoms with E-state index in [4.69, 9.17) is 11.6 Å². The number of halogens is 1. The zero-order valence-electron chi connectivity index (χ0n) is 10.9. The van der Waals surface area contributed by atoms with Crippen molar-refractivity contribution in [2.45, 2.75) is 19.8 Å². The number of benzene rings is 1. The lowest BCUT2D eigenvalue weighted by molar-refractivity contribution is -0.119. The molecule has 1 N–H and O–H groups in total. The second-order valence-corrected chi connectivity index (χ2v) is 5.21. The Morgan fingerprint density at radius 2 is 2.11 bits per heavy atom. The third-order valence-electron chi connectivity index (χ3n) is 3.39.